The fraction of sp³-hybridized carbons (Fsp3) is 0.182. The molecule has 1 amide bonds. The van der Waals surface area contributed by atoms with E-state index < -0.39 is 0 Å². The molecule has 0 radical (unpaired) electrons. The monoisotopic (exact) mass is 419 g/mol. The van der Waals surface area contributed by atoms with Crippen molar-refractivity contribution in [3.63, 3.8) is 0 Å². The summed E-state index contributed by atoms with van der Waals surface area (Å²) < 4.78 is 7.38. The number of benzene rings is 2. The summed E-state index contributed by atoms with van der Waals surface area (Å²) in [5.41, 5.74) is 3.61. The van der Waals surface area contributed by atoms with Crippen molar-refractivity contribution in [2.75, 3.05) is 11.9 Å². The lowest BCUT2D eigenvalue weighted by Gasteiger charge is -2.14. The van der Waals surface area contributed by atoms with Crippen LogP contribution in [-0.2, 0) is 4.79 Å². The van der Waals surface area contributed by atoms with Crippen LogP contribution in [0.25, 0.3) is 5.78 Å². The first-order valence-electron chi connectivity index (χ1n) is 9.45. The van der Waals surface area contributed by atoms with Crippen molar-refractivity contribution < 1.29 is 9.53 Å². The van der Waals surface area contributed by atoms with E-state index in [1.54, 1.807) is 4.52 Å². The van der Waals surface area contributed by atoms with Gasteiger partial charge in [0.05, 0.1) is 5.69 Å². The van der Waals surface area contributed by atoms with Gasteiger partial charge >= 0.3 is 0 Å². The third kappa shape index (κ3) is 4.13. The van der Waals surface area contributed by atoms with Crippen molar-refractivity contribution in [2.45, 2.75) is 30.7 Å². The minimum Gasteiger partial charge on any atom is -0.483 e. The van der Waals surface area contributed by atoms with Crippen molar-refractivity contribution >= 4 is 29.1 Å². The second-order valence-electron chi connectivity index (χ2n) is 6.80. The number of fused-ring (bicyclic) bond motifs is 1. The van der Waals surface area contributed by atoms with Gasteiger partial charge in [0, 0.05) is 16.2 Å². The highest BCUT2D eigenvalue weighted by Crippen LogP contribution is 2.35. The van der Waals surface area contributed by atoms with Crippen molar-refractivity contribution in [3.05, 3.63) is 71.7 Å². The van der Waals surface area contributed by atoms with Crippen LogP contribution in [0.3, 0.4) is 0 Å². The van der Waals surface area contributed by atoms with Crippen LogP contribution >= 0.6 is 11.8 Å². The first-order valence-corrected chi connectivity index (χ1v) is 10.3. The highest BCUT2D eigenvalue weighted by atomic mass is 32.2. The molecule has 0 saturated heterocycles. The molecule has 0 aliphatic heterocycles. The highest BCUT2D eigenvalue weighted by molar-refractivity contribution is 7.99. The molecule has 0 aliphatic rings. The van der Waals surface area contributed by atoms with Gasteiger partial charge in [0.1, 0.15) is 17.1 Å². The average Bonchev–Trinajstić information content (AvgIpc) is 3.20. The van der Waals surface area contributed by atoms with E-state index in [9.17, 15) is 4.79 Å². The SMILES string of the molecule is Cc1ccccc1OCC(=O)Nc1ccccc1Sc1c(C)c(C)nc2ncnn12. The first-order chi connectivity index (χ1) is 14.5. The molecular weight excluding hydrogens is 398 g/mol. The van der Waals surface area contributed by atoms with E-state index in [1.165, 1.54) is 18.1 Å². The predicted octanol–water partition coefficient (Wildman–Crippen LogP) is 4.22. The smallest absolute Gasteiger partial charge is 0.262 e. The fourth-order valence-electron chi connectivity index (χ4n) is 2.93. The van der Waals surface area contributed by atoms with Gasteiger partial charge in [0.2, 0.25) is 0 Å². The average molecular weight is 420 g/mol. The summed E-state index contributed by atoms with van der Waals surface area (Å²) in [5, 5.41) is 8.15. The van der Waals surface area contributed by atoms with Crippen molar-refractivity contribution in [3.8, 4) is 5.75 Å². The quantitative estimate of drug-likeness (QED) is 0.471. The summed E-state index contributed by atoms with van der Waals surface area (Å²) in [7, 11) is 0. The van der Waals surface area contributed by atoms with Gasteiger partial charge in [-0.15, -0.1) is 0 Å². The van der Waals surface area contributed by atoms with Crippen molar-refractivity contribution in [2.24, 2.45) is 0 Å². The first kappa shape index (κ1) is 19.9. The standard InChI is InChI=1S/C22H21N5O2S/c1-14-8-4-6-10-18(14)29-12-20(28)26-17-9-5-7-11-19(17)30-21-15(2)16(3)25-22-23-13-24-27(21)22/h4-11,13H,12H2,1-3H3,(H,26,28). The van der Waals surface area contributed by atoms with Crippen LogP contribution < -0.4 is 10.1 Å². The fourth-order valence-corrected chi connectivity index (χ4v) is 4.03. The number of ether oxygens (including phenoxy) is 1. The van der Waals surface area contributed by atoms with Gasteiger partial charge in [-0.2, -0.15) is 14.6 Å². The number of amides is 1. The lowest BCUT2D eigenvalue weighted by atomic mass is 10.2. The molecule has 0 saturated carbocycles. The van der Waals surface area contributed by atoms with Gasteiger partial charge in [0.25, 0.3) is 11.7 Å². The zero-order valence-corrected chi connectivity index (χ0v) is 17.7. The number of nitrogens with zero attached hydrogens (tertiary/aromatic N) is 4. The molecule has 152 valence electrons. The Bertz CT molecular complexity index is 1220. The maximum absolute atomic E-state index is 12.5. The number of hydrogen-bond donors (Lipinski definition) is 1. The van der Waals surface area contributed by atoms with Gasteiger partial charge in [-0.1, -0.05) is 42.1 Å². The maximum Gasteiger partial charge on any atom is 0.262 e. The second kappa shape index (κ2) is 8.54. The Balaban J connectivity index is 1.54. The molecule has 0 aliphatic carbocycles. The van der Waals surface area contributed by atoms with Crippen LogP contribution in [0, 0.1) is 20.8 Å². The third-order valence-electron chi connectivity index (χ3n) is 4.67. The lowest BCUT2D eigenvalue weighted by molar-refractivity contribution is -0.118. The van der Waals surface area contributed by atoms with Crippen LogP contribution in [0.1, 0.15) is 16.8 Å². The number of nitrogens with one attached hydrogen (secondary N) is 1. The minimum absolute atomic E-state index is 0.0649. The van der Waals surface area contributed by atoms with E-state index in [0.29, 0.717) is 17.2 Å². The molecule has 8 heteroatoms. The largest absolute Gasteiger partial charge is 0.483 e. The van der Waals surface area contributed by atoms with E-state index in [-0.39, 0.29) is 12.5 Å². The van der Waals surface area contributed by atoms with Crippen LogP contribution in [0.2, 0.25) is 0 Å². The van der Waals surface area contributed by atoms with Gasteiger partial charge in [-0.25, -0.2) is 4.98 Å². The molecular formula is C22H21N5O2S. The van der Waals surface area contributed by atoms with Crippen LogP contribution in [0.5, 0.6) is 5.75 Å². The summed E-state index contributed by atoms with van der Waals surface area (Å²) in [6, 6.07) is 15.3. The third-order valence-corrected chi connectivity index (χ3v) is 5.92. The normalized spacial score (nSPS) is 10.9. The molecule has 4 aromatic rings. The van der Waals surface area contributed by atoms with Crippen LogP contribution in [-0.4, -0.2) is 32.1 Å². The van der Waals surface area contributed by atoms with E-state index >= 15 is 0 Å². The molecule has 0 atom stereocenters. The highest BCUT2D eigenvalue weighted by Gasteiger charge is 2.15. The van der Waals surface area contributed by atoms with Gasteiger partial charge in [0.15, 0.2) is 6.61 Å². The van der Waals surface area contributed by atoms with E-state index in [4.69, 9.17) is 4.74 Å². The van der Waals surface area contributed by atoms with Gasteiger partial charge in [-0.05, 0) is 44.5 Å². The number of para-hydroxylation sites is 2. The Morgan fingerprint density at radius 3 is 2.70 bits per heavy atom. The molecule has 0 spiro atoms. The molecule has 1 N–H and O–H groups in total. The summed E-state index contributed by atoms with van der Waals surface area (Å²) in [6.07, 6.45) is 1.49. The molecule has 2 aromatic heterocycles. The molecule has 7 nitrogen and oxygen atoms in total. The topological polar surface area (TPSA) is 81.4 Å². The maximum atomic E-state index is 12.5. The van der Waals surface area contributed by atoms with Crippen molar-refractivity contribution in [1.29, 1.82) is 0 Å². The summed E-state index contributed by atoms with van der Waals surface area (Å²) in [4.78, 5) is 22.1. The van der Waals surface area contributed by atoms with Gasteiger partial charge in [-0.3, -0.25) is 4.79 Å². The molecule has 0 bridgehead atoms. The molecule has 30 heavy (non-hydrogen) atoms. The Hall–Kier alpha value is -3.39. The number of carbonyl (C=O) groups excluding carboxylic acids is 1. The zero-order chi connectivity index (χ0) is 21.1. The number of aryl methyl sites for hydroxylation is 2. The Kier molecular flexibility index (Phi) is 5.67. The Labute approximate surface area is 178 Å². The second-order valence-corrected chi connectivity index (χ2v) is 7.83. The number of aromatic nitrogens is 4. The Morgan fingerprint density at radius 2 is 1.87 bits per heavy atom. The number of rotatable bonds is 6. The molecule has 2 aromatic carbocycles. The van der Waals surface area contributed by atoms with Crippen LogP contribution in [0.15, 0.2) is 64.8 Å². The molecule has 0 fully saturated rings. The summed E-state index contributed by atoms with van der Waals surface area (Å²) in [6.45, 7) is 5.83. The Morgan fingerprint density at radius 1 is 1.10 bits per heavy atom. The molecule has 4 rings (SSSR count). The number of anilines is 1. The molecule has 2 heterocycles. The summed E-state index contributed by atoms with van der Waals surface area (Å²) >= 11 is 1.51. The van der Waals surface area contributed by atoms with E-state index in [0.717, 1.165) is 26.7 Å². The molecule has 0 unspecified atom stereocenters. The van der Waals surface area contributed by atoms with Crippen molar-refractivity contribution in [1.82, 2.24) is 19.6 Å². The lowest BCUT2D eigenvalue weighted by Crippen LogP contribution is -2.20. The van der Waals surface area contributed by atoms with Gasteiger partial charge < -0.3 is 10.1 Å². The van der Waals surface area contributed by atoms with E-state index in [2.05, 4.69) is 20.4 Å². The number of carbonyl (C=O) groups is 1. The minimum atomic E-state index is -0.222. The van der Waals surface area contributed by atoms with Crippen LogP contribution in [0.4, 0.5) is 5.69 Å². The number of hydrogen-bond acceptors (Lipinski definition) is 6. The summed E-state index contributed by atoms with van der Waals surface area (Å²) in [5.74, 6) is 1.03. The zero-order valence-electron chi connectivity index (χ0n) is 16.9. The van der Waals surface area contributed by atoms with E-state index in [1.807, 2.05) is 69.3 Å². The predicted molar refractivity (Wildman–Crippen MR) is 116 cm³/mol.